The van der Waals surface area contributed by atoms with Crippen LogP contribution < -0.4 is 0 Å². The van der Waals surface area contributed by atoms with Crippen molar-refractivity contribution >= 4 is 0 Å². The van der Waals surface area contributed by atoms with E-state index in [1.54, 1.807) is 20.8 Å². The Morgan fingerprint density at radius 2 is 1.94 bits per heavy atom. The van der Waals surface area contributed by atoms with Gasteiger partial charge in [0.1, 0.15) is 11.7 Å². The van der Waals surface area contributed by atoms with Gasteiger partial charge in [0.05, 0.1) is 6.61 Å². The molecule has 0 amide bonds. The molecule has 3 fully saturated rings. The zero-order chi connectivity index (χ0) is 12.7. The second kappa shape index (κ2) is 2.73. The molecule has 3 rings (SSSR count). The highest BCUT2D eigenvalue weighted by atomic mass is 19.3. The van der Waals surface area contributed by atoms with E-state index in [1.165, 1.54) is 0 Å². The molecule has 3 aliphatic heterocycles. The van der Waals surface area contributed by atoms with Gasteiger partial charge in [0, 0.05) is 6.42 Å². The summed E-state index contributed by atoms with van der Waals surface area (Å²) in [7, 11) is 0. The van der Waals surface area contributed by atoms with E-state index in [0.717, 1.165) is 0 Å². The Hall–Kier alpha value is -0.520. The average Bonchev–Trinajstić information content (AvgIpc) is 2.71. The van der Waals surface area contributed by atoms with E-state index >= 15 is 0 Å². The third-order valence-electron chi connectivity index (χ3n) is 4.24. The van der Waals surface area contributed by atoms with E-state index in [9.17, 15) is 8.78 Å². The molecule has 0 unspecified atom stereocenters. The molecule has 0 saturated carbocycles. The van der Waals surface area contributed by atoms with Crippen LogP contribution in [0.25, 0.3) is 0 Å². The van der Waals surface area contributed by atoms with Crippen LogP contribution in [0.1, 0.15) is 27.2 Å². The lowest BCUT2D eigenvalue weighted by Gasteiger charge is -2.43. The summed E-state index contributed by atoms with van der Waals surface area (Å²) in [6, 6.07) is 0. The fraction of sp³-hybridized carbons (Fsp3) is 0.833. The van der Waals surface area contributed by atoms with Gasteiger partial charge in [0.2, 0.25) is 0 Å². The van der Waals surface area contributed by atoms with Crippen molar-refractivity contribution in [2.24, 2.45) is 0 Å². The van der Waals surface area contributed by atoms with E-state index in [2.05, 4.69) is 6.58 Å². The van der Waals surface area contributed by atoms with Crippen molar-refractivity contribution in [2.75, 3.05) is 6.61 Å². The summed E-state index contributed by atoms with van der Waals surface area (Å²) in [4.78, 5) is 0. The molecule has 2 bridgehead atoms. The predicted molar refractivity (Wildman–Crippen MR) is 55.8 cm³/mol. The summed E-state index contributed by atoms with van der Waals surface area (Å²) in [5.74, 6) is -4.06. The molecule has 0 aromatic heterocycles. The van der Waals surface area contributed by atoms with Crippen LogP contribution in [0.15, 0.2) is 12.2 Å². The predicted octanol–water partition coefficient (Wildman–Crippen LogP) is 2.26. The average molecular weight is 246 g/mol. The summed E-state index contributed by atoms with van der Waals surface area (Å²) in [5.41, 5.74) is -2.23. The first-order valence-corrected chi connectivity index (χ1v) is 5.73. The zero-order valence-corrected chi connectivity index (χ0v) is 10.2. The summed E-state index contributed by atoms with van der Waals surface area (Å²) in [6.07, 6.45) is -0.952. The van der Waals surface area contributed by atoms with Gasteiger partial charge in [-0.3, -0.25) is 0 Å². The molecule has 3 saturated heterocycles. The number of rotatable bonds is 0. The van der Waals surface area contributed by atoms with Gasteiger partial charge in [-0.1, -0.05) is 6.58 Å². The Kier molecular flexibility index (Phi) is 1.86. The number of hydrogen-bond acceptors (Lipinski definition) is 3. The lowest BCUT2D eigenvalue weighted by atomic mass is 9.71. The van der Waals surface area contributed by atoms with Crippen molar-refractivity contribution in [1.82, 2.24) is 0 Å². The van der Waals surface area contributed by atoms with Gasteiger partial charge < -0.3 is 14.2 Å². The molecule has 0 N–H and O–H groups in total. The minimum absolute atomic E-state index is 0.168. The molecule has 0 aromatic rings. The van der Waals surface area contributed by atoms with Crippen LogP contribution in [-0.2, 0) is 14.2 Å². The number of halogens is 2. The molecule has 1 spiro atoms. The third-order valence-corrected chi connectivity index (χ3v) is 4.24. The monoisotopic (exact) mass is 246 g/mol. The van der Waals surface area contributed by atoms with Crippen molar-refractivity contribution in [2.45, 2.75) is 56.2 Å². The summed E-state index contributed by atoms with van der Waals surface area (Å²) in [5, 5.41) is 0. The van der Waals surface area contributed by atoms with Crippen molar-refractivity contribution in [3.63, 3.8) is 0 Å². The van der Waals surface area contributed by atoms with Crippen molar-refractivity contribution in [1.29, 1.82) is 0 Å². The summed E-state index contributed by atoms with van der Waals surface area (Å²) in [6.45, 7) is 8.58. The molecular weight excluding hydrogens is 230 g/mol. The fourth-order valence-corrected chi connectivity index (χ4v) is 3.14. The van der Waals surface area contributed by atoms with Crippen LogP contribution in [0.4, 0.5) is 8.78 Å². The highest BCUT2D eigenvalue weighted by molar-refractivity contribution is 5.37. The third kappa shape index (κ3) is 1.06. The van der Waals surface area contributed by atoms with E-state index in [4.69, 9.17) is 14.2 Å². The van der Waals surface area contributed by atoms with Crippen molar-refractivity contribution in [3.05, 3.63) is 12.2 Å². The Morgan fingerprint density at radius 1 is 1.29 bits per heavy atom. The number of ether oxygens (including phenoxy) is 3. The van der Waals surface area contributed by atoms with Crippen LogP contribution in [-0.4, -0.2) is 35.6 Å². The van der Waals surface area contributed by atoms with Gasteiger partial charge in [-0.2, -0.15) is 0 Å². The largest absolute Gasteiger partial charge is 0.358 e. The van der Waals surface area contributed by atoms with Crippen LogP contribution in [0, 0.1) is 0 Å². The smallest absolute Gasteiger partial charge is 0.307 e. The lowest BCUT2D eigenvalue weighted by Crippen LogP contribution is -2.64. The number of hydrogen-bond donors (Lipinski definition) is 0. The molecule has 0 aromatic carbocycles. The number of fused-ring (bicyclic) bond motifs is 3. The molecule has 0 radical (unpaired) electrons. The first kappa shape index (κ1) is 11.6. The Labute approximate surface area is 98.7 Å². The Morgan fingerprint density at radius 3 is 2.41 bits per heavy atom. The van der Waals surface area contributed by atoms with E-state index in [1.807, 2.05) is 0 Å². The van der Waals surface area contributed by atoms with Gasteiger partial charge in [-0.25, -0.2) is 8.78 Å². The van der Waals surface area contributed by atoms with Gasteiger partial charge in [-0.05, 0) is 26.3 Å². The molecule has 0 aliphatic carbocycles. The maximum absolute atomic E-state index is 14.4. The van der Waals surface area contributed by atoms with E-state index in [0.29, 0.717) is 5.57 Å². The molecule has 3 heterocycles. The Balaban J connectivity index is 2.12. The zero-order valence-electron chi connectivity index (χ0n) is 10.2. The molecule has 3 atom stereocenters. The molecule has 96 valence electrons. The standard InChI is InChI=1S/C12H16F2O3/c1-7-5-8-12(13,14)11(10(7,4)16-8)6-15-9(2,3)17-11/h8H,1,5-6H2,2-4H3/t8-,10+,11-/m1/s1. The van der Waals surface area contributed by atoms with Crippen LogP contribution in [0.5, 0.6) is 0 Å². The van der Waals surface area contributed by atoms with Gasteiger partial charge in [-0.15, -0.1) is 0 Å². The van der Waals surface area contributed by atoms with Crippen LogP contribution in [0.2, 0.25) is 0 Å². The van der Waals surface area contributed by atoms with Crippen molar-refractivity contribution < 1.29 is 23.0 Å². The van der Waals surface area contributed by atoms with Crippen LogP contribution in [0.3, 0.4) is 0 Å². The maximum Gasteiger partial charge on any atom is 0.307 e. The van der Waals surface area contributed by atoms with Crippen molar-refractivity contribution in [3.8, 4) is 0 Å². The lowest BCUT2D eigenvalue weighted by molar-refractivity contribution is -0.237. The SMILES string of the molecule is C=C1C[C@H]2O[C@]1(C)[C@]1(COC(C)(C)O1)C2(F)F. The second-order valence-electron chi connectivity index (χ2n) is 5.69. The quantitative estimate of drug-likeness (QED) is 0.614. The normalized spacial score (nSPS) is 50.4. The molecule has 3 nitrogen and oxygen atoms in total. The van der Waals surface area contributed by atoms with E-state index in [-0.39, 0.29) is 13.0 Å². The molecule has 5 heteroatoms. The minimum Gasteiger partial charge on any atom is -0.358 e. The van der Waals surface area contributed by atoms with Crippen LogP contribution >= 0.6 is 0 Å². The second-order valence-corrected chi connectivity index (χ2v) is 5.69. The number of alkyl halides is 2. The summed E-state index contributed by atoms with van der Waals surface area (Å²) < 4.78 is 45.2. The highest BCUT2D eigenvalue weighted by Gasteiger charge is 2.82. The first-order valence-electron chi connectivity index (χ1n) is 5.73. The molecule has 3 aliphatic rings. The van der Waals surface area contributed by atoms with Gasteiger partial charge >= 0.3 is 5.92 Å². The van der Waals surface area contributed by atoms with Gasteiger partial charge in [0.15, 0.2) is 11.4 Å². The summed E-state index contributed by atoms with van der Waals surface area (Å²) >= 11 is 0. The highest BCUT2D eigenvalue weighted by Crippen LogP contribution is 2.64. The first-order chi connectivity index (χ1) is 7.65. The molecule has 17 heavy (non-hydrogen) atoms. The minimum atomic E-state index is -3.04. The topological polar surface area (TPSA) is 27.7 Å². The molecular formula is C12H16F2O3. The van der Waals surface area contributed by atoms with Gasteiger partial charge in [0.25, 0.3) is 0 Å². The maximum atomic E-state index is 14.4. The fourth-order valence-electron chi connectivity index (χ4n) is 3.14. The Bertz CT molecular complexity index is 407. The van der Waals surface area contributed by atoms with E-state index < -0.39 is 29.0 Å².